The lowest BCUT2D eigenvalue weighted by atomic mass is 10.3. The summed E-state index contributed by atoms with van der Waals surface area (Å²) in [6, 6.07) is 14.8. The lowest BCUT2D eigenvalue weighted by Crippen LogP contribution is -2.17. The van der Waals surface area contributed by atoms with Gasteiger partial charge in [-0.2, -0.15) is 0 Å². The number of amides is 1. The summed E-state index contributed by atoms with van der Waals surface area (Å²) in [4.78, 5) is 20.8. The molecule has 3 aromatic rings. The molecule has 1 N–H and O–H groups in total. The third-order valence-corrected chi connectivity index (χ3v) is 6.50. The maximum atomic E-state index is 12.3. The normalized spacial score (nSPS) is 11.2. The van der Waals surface area contributed by atoms with Crippen molar-refractivity contribution in [3.05, 3.63) is 72.0 Å². The fourth-order valence-corrected chi connectivity index (χ4v) is 4.41. The SMILES string of the molecule is O=C(CCS(=O)(=O)c1ccc(Cl)cc1)Nc1ccnc(Sc2ccccn2)c1. The number of rotatable bonds is 7. The van der Waals surface area contributed by atoms with Crippen molar-refractivity contribution < 1.29 is 13.2 Å². The number of hydrogen-bond donors (Lipinski definition) is 1. The Labute approximate surface area is 172 Å². The molecule has 0 aliphatic rings. The summed E-state index contributed by atoms with van der Waals surface area (Å²) in [5.41, 5.74) is 0.544. The van der Waals surface area contributed by atoms with Gasteiger partial charge in [-0.1, -0.05) is 29.4 Å². The van der Waals surface area contributed by atoms with E-state index in [9.17, 15) is 13.2 Å². The van der Waals surface area contributed by atoms with Crippen LogP contribution in [0, 0.1) is 0 Å². The quantitative estimate of drug-likeness (QED) is 0.603. The van der Waals surface area contributed by atoms with Crippen molar-refractivity contribution in [3.63, 3.8) is 0 Å². The van der Waals surface area contributed by atoms with E-state index in [-0.39, 0.29) is 17.1 Å². The van der Waals surface area contributed by atoms with Crippen LogP contribution in [0.25, 0.3) is 0 Å². The molecular weight excluding hydrogens is 418 g/mol. The first-order chi connectivity index (χ1) is 13.4. The van der Waals surface area contributed by atoms with Gasteiger partial charge in [0.2, 0.25) is 5.91 Å². The largest absolute Gasteiger partial charge is 0.326 e. The average Bonchev–Trinajstić information content (AvgIpc) is 2.68. The van der Waals surface area contributed by atoms with Crippen LogP contribution in [0.2, 0.25) is 5.02 Å². The third-order valence-electron chi connectivity index (χ3n) is 3.64. The van der Waals surface area contributed by atoms with Crippen molar-refractivity contribution in [2.75, 3.05) is 11.1 Å². The predicted octanol–water partition coefficient (Wildman–Crippen LogP) is 4.08. The van der Waals surface area contributed by atoms with E-state index in [1.165, 1.54) is 36.0 Å². The molecule has 0 bridgehead atoms. The van der Waals surface area contributed by atoms with Crippen molar-refractivity contribution in [2.24, 2.45) is 0 Å². The van der Waals surface area contributed by atoms with Gasteiger partial charge >= 0.3 is 0 Å². The molecule has 144 valence electrons. The van der Waals surface area contributed by atoms with Crippen LogP contribution < -0.4 is 5.32 Å². The number of anilines is 1. The second-order valence-corrected chi connectivity index (χ2v) is 9.31. The third kappa shape index (κ3) is 5.79. The van der Waals surface area contributed by atoms with E-state index in [2.05, 4.69) is 15.3 Å². The van der Waals surface area contributed by atoms with Crippen molar-refractivity contribution in [3.8, 4) is 0 Å². The molecule has 3 rings (SSSR count). The molecule has 0 aliphatic heterocycles. The number of carbonyl (C=O) groups excluding carboxylic acids is 1. The molecule has 2 heterocycles. The Morgan fingerprint density at radius 1 is 1.00 bits per heavy atom. The first-order valence-corrected chi connectivity index (χ1v) is 11.1. The van der Waals surface area contributed by atoms with Crippen LogP contribution in [0.15, 0.2) is 81.9 Å². The zero-order chi connectivity index (χ0) is 20.0. The van der Waals surface area contributed by atoms with Gasteiger partial charge in [0.05, 0.1) is 10.6 Å². The van der Waals surface area contributed by atoms with Gasteiger partial charge in [-0.05, 0) is 48.5 Å². The highest BCUT2D eigenvalue weighted by Crippen LogP contribution is 2.25. The zero-order valence-corrected chi connectivity index (χ0v) is 17.0. The van der Waals surface area contributed by atoms with Gasteiger partial charge in [0.1, 0.15) is 10.1 Å². The van der Waals surface area contributed by atoms with Crippen LogP contribution in [-0.4, -0.2) is 30.0 Å². The molecule has 0 radical (unpaired) electrons. The predicted molar refractivity (Wildman–Crippen MR) is 109 cm³/mol. The fourth-order valence-electron chi connectivity index (χ4n) is 2.27. The standard InChI is InChI=1S/C19H16ClN3O3S2/c20-14-4-6-16(7-5-14)28(25,26)12-9-17(24)23-15-8-11-22-19(13-15)27-18-3-1-2-10-21-18/h1-8,10-11,13H,9,12H2,(H,22,23,24). The molecule has 0 saturated heterocycles. The smallest absolute Gasteiger partial charge is 0.225 e. The van der Waals surface area contributed by atoms with Crippen LogP contribution in [0.4, 0.5) is 5.69 Å². The number of carbonyl (C=O) groups is 1. The summed E-state index contributed by atoms with van der Waals surface area (Å²) in [5, 5.41) is 4.61. The second kappa shape index (κ2) is 9.18. The average molecular weight is 434 g/mol. The Kier molecular flexibility index (Phi) is 6.66. The number of hydrogen-bond acceptors (Lipinski definition) is 6. The van der Waals surface area contributed by atoms with E-state index in [1.54, 1.807) is 24.5 Å². The van der Waals surface area contributed by atoms with Gasteiger partial charge in [0.25, 0.3) is 0 Å². The molecule has 1 amide bonds. The monoisotopic (exact) mass is 433 g/mol. The molecule has 0 unspecified atom stereocenters. The second-order valence-electron chi connectivity index (χ2n) is 5.72. The first-order valence-electron chi connectivity index (χ1n) is 8.25. The molecule has 9 heteroatoms. The van der Waals surface area contributed by atoms with E-state index in [0.29, 0.717) is 15.7 Å². The molecule has 6 nitrogen and oxygen atoms in total. The molecule has 1 aromatic carbocycles. The summed E-state index contributed by atoms with van der Waals surface area (Å²) in [7, 11) is -3.56. The number of nitrogens with zero attached hydrogens (tertiary/aromatic N) is 2. The van der Waals surface area contributed by atoms with Crippen molar-refractivity contribution in [1.29, 1.82) is 0 Å². The minimum Gasteiger partial charge on any atom is -0.326 e. The Morgan fingerprint density at radius 3 is 2.46 bits per heavy atom. The van der Waals surface area contributed by atoms with E-state index in [4.69, 9.17) is 11.6 Å². The number of halogens is 1. The van der Waals surface area contributed by atoms with Gasteiger partial charge in [-0.3, -0.25) is 4.79 Å². The highest BCUT2D eigenvalue weighted by molar-refractivity contribution is 7.99. The summed E-state index contributed by atoms with van der Waals surface area (Å²) in [6.07, 6.45) is 3.11. The van der Waals surface area contributed by atoms with Crippen LogP contribution in [-0.2, 0) is 14.6 Å². The van der Waals surface area contributed by atoms with Crippen molar-refractivity contribution in [1.82, 2.24) is 9.97 Å². The summed E-state index contributed by atoms with van der Waals surface area (Å²) >= 11 is 7.14. The minimum absolute atomic E-state index is 0.141. The van der Waals surface area contributed by atoms with E-state index >= 15 is 0 Å². The lowest BCUT2D eigenvalue weighted by molar-refractivity contribution is -0.115. The van der Waals surface area contributed by atoms with Crippen LogP contribution >= 0.6 is 23.4 Å². The van der Waals surface area contributed by atoms with E-state index in [1.807, 2.05) is 18.2 Å². The number of sulfone groups is 1. The van der Waals surface area contributed by atoms with Crippen LogP contribution in [0.5, 0.6) is 0 Å². The summed E-state index contributed by atoms with van der Waals surface area (Å²) < 4.78 is 24.6. The minimum atomic E-state index is -3.56. The molecule has 28 heavy (non-hydrogen) atoms. The molecule has 0 spiro atoms. The van der Waals surface area contributed by atoms with Crippen molar-refractivity contribution >= 4 is 44.8 Å². The maximum absolute atomic E-state index is 12.3. The summed E-state index contributed by atoms with van der Waals surface area (Å²) in [6.45, 7) is 0. The maximum Gasteiger partial charge on any atom is 0.225 e. The van der Waals surface area contributed by atoms with Crippen molar-refractivity contribution in [2.45, 2.75) is 21.4 Å². The number of benzene rings is 1. The number of aromatic nitrogens is 2. The highest BCUT2D eigenvalue weighted by atomic mass is 35.5. The number of pyridine rings is 2. The molecule has 0 saturated carbocycles. The Bertz CT molecular complexity index is 1060. The van der Waals surface area contributed by atoms with E-state index < -0.39 is 15.7 Å². The molecule has 2 aromatic heterocycles. The Balaban J connectivity index is 1.59. The summed E-state index contributed by atoms with van der Waals surface area (Å²) in [5.74, 6) is -0.682. The van der Waals surface area contributed by atoms with Gasteiger partial charge in [-0.15, -0.1) is 0 Å². The first kappa shape index (κ1) is 20.3. The lowest BCUT2D eigenvalue weighted by Gasteiger charge is -2.08. The van der Waals surface area contributed by atoms with E-state index in [0.717, 1.165) is 5.03 Å². The van der Waals surface area contributed by atoms with Gasteiger partial charge < -0.3 is 5.32 Å². The van der Waals surface area contributed by atoms with Gasteiger partial charge in [0.15, 0.2) is 9.84 Å². The topological polar surface area (TPSA) is 89.0 Å². The Morgan fingerprint density at radius 2 is 1.75 bits per heavy atom. The van der Waals surface area contributed by atoms with Gasteiger partial charge in [0, 0.05) is 29.5 Å². The molecule has 0 atom stereocenters. The van der Waals surface area contributed by atoms with Crippen LogP contribution in [0.3, 0.4) is 0 Å². The Hall–Kier alpha value is -2.42. The highest BCUT2D eigenvalue weighted by Gasteiger charge is 2.16. The fraction of sp³-hybridized carbons (Fsp3) is 0.105. The van der Waals surface area contributed by atoms with Crippen LogP contribution in [0.1, 0.15) is 6.42 Å². The molecule has 0 aliphatic carbocycles. The number of nitrogens with one attached hydrogen (secondary N) is 1. The molecular formula is C19H16ClN3O3S2. The van der Waals surface area contributed by atoms with Gasteiger partial charge in [-0.25, -0.2) is 18.4 Å². The molecule has 0 fully saturated rings. The zero-order valence-electron chi connectivity index (χ0n) is 14.6.